The molecule has 0 fully saturated rings. The van der Waals surface area contributed by atoms with E-state index in [-0.39, 0.29) is 6.10 Å². The molecule has 1 aromatic carbocycles. The van der Waals surface area contributed by atoms with Gasteiger partial charge in [-0.25, -0.2) is 0 Å². The molecule has 0 bridgehead atoms. The molecule has 0 heterocycles. The summed E-state index contributed by atoms with van der Waals surface area (Å²) in [6, 6.07) is 8.63. The van der Waals surface area contributed by atoms with Crippen molar-refractivity contribution in [3.05, 3.63) is 29.8 Å². The molecule has 2 atom stereocenters. The van der Waals surface area contributed by atoms with Crippen molar-refractivity contribution in [3.8, 4) is 5.75 Å². The van der Waals surface area contributed by atoms with Crippen LogP contribution in [0, 0.1) is 0 Å². The van der Waals surface area contributed by atoms with E-state index in [1.165, 1.54) is 5.56 Å². The molecule has 0 radical (unpaired) electrons. The van der Waals surface area contributed by atoms with Crippen LogP contribution in [0.5, 0.6) is 5.75 Å². The van der Waals surface area contributed by atoms with Crippen LogP contribution in [-0.4, -0.2) is 32.4 Å². The second kappa shape index (κ2) is 8.94. The summed E-state index contributed by atoms with van der Waals surface area (Å²) in [5.41, 5.74) is 1.28. The average molecular weight is 265 g/mol. The first kappa shape index (κ1) is 16.0. The Labute approximate surface area is 117 Å². The van der Waals surface area contributed by atoms with Crippen LogP contribution in [0.4, 0.5) is 0 Å². The zero-order valence-electron chi connectivity index (χ0n) is 12.6. The molecule has 1 aromatic rings. The maximum Gasteiger partial charge on any atom is 0.119 e. The van der Waals surface area contributed by atoms with E-state index in [0.29, 0.717) is 6.04 Å². The van der Waals surface area contributed by atoms with Gasteiger partial charge in [0.2, 0.25) is 0 Å². The fraction of sp³-hybridized carbons (Fsp3) is 0.625. The Bertz CT molecular complexity index is 337. The first-order valence-electron chi connectivity index (χ1n) is 7.15. The van der Waals surface area contributed by atoms with Crippen molar-refractivity contribution < 1.29 is 9.47 Å². The highest BCUT2D eigenvalue weighted by atomic mass is 16.5. The molecular formula is C16H27NO2. The molecule has 1 N–H and O–H groups in total. The number of benzene rings is 1. The second-order valence-electron chi connectivity index (χ2n) is 4.95. The Kier molecular flexibility index (Phi) is 7.53. The summed E-state index contributed by atoms with van der Waals surface area (Å²) in [7, 11) is 1.73. The monoisotopic (exact) mass is 265 g/mol. The van der Waals surface area contributed by atoms with Gasteiger partial charge in [-0.1, -0.05) is 19.1 Å². The number of hydrogen-bond donors (Lipinski definition) is 1. The molecule has 0 aliphatic heterocycles. The molecule has 0 saturated heterocycles. The molecule has 0 amide bonds. The summed E-state index contributed by atoms with van der Waals surface area (Å²) < 4.78 is 11.0. The summed E-state index contributed by atoms with van der Waals surface area (Å²) in [5.74, 6) is 0.929. The molecule has 2 unspecified atom stereocenters. The fourth-order valence-corrected chi connectivity index (χ4v) is 1.81. The van der Waals surface area contributed by atoms with E-state index in [9.17, 15) is 0 Å². The van der Waals surface area contributed by atoms with Crippen LogP contribution in [0.3, 0.4) is 0 Å². The molecule has 19 heavy (non-hydrogen) atoms. The number of nitrogens with one attached hydrogen (secondary N) is 1. The molecule has 0 spiro atoms. The van der Waals surface area contributed by atoms with Gasteiger partial charge in [0.1, 0.15) is 11.9 Å². The normalized spacial score (nSPS) is 14.1. The average Bonchev–Trinajstić information content (AvgIpc) is 2.43. The van der Waals surface area contributed by atoms with Gasteiger partial charge in [-0.3, -0.25) is 0 Å². The van der Waals surface area contributed by atoms with Gasteiger partial charge in [0.25, 0.3) is 0 Å². The first-order valence-corrected chi connectivity index (χ1v) is 7.15. The minimum Gasteiger partial charge on any atom is -0.489 e. The van der Waals surface area contributed by atoms with Crippen LogP contribution in [0.15, 0.2) is 24.3 Å². The van der Waals surface area contributed by atoms with Gasteiger partial charge in [-0.2, -0.15) is 0 Å². The van der Waals surface area contributed by atoms with Crippen molar-refractivity contribution >= 4 is 0 Å². The van der Waals surface area contributed by atoms with Crippen molar-refractivity contribution in [2.45, 2.75) is 45.8 Å². The smallest absolute Gasteiger partial charge is 0.119 e. The van der Waals surface area contributed by atoms with Crippen LogP contribution in [0.25, 0.3) is 0 Å². The van der Waals surface area contributed by atoms with Crippen LogP contribution < -0.4 is 10.1 Å². The van der Waals surface area contributed by atoms with Crippen molar-refractivity contribution in [1.29, 1.82) is 0 Å². The van der Waals surface area contributed by atoms with E-state index in [4.69, 9.17) is 9.47 Å². The summed E-state index contributed by atoms with van der Waals surface area (Å²) in [6.45, 7) is 8.23. The van der Waals surface area contributed by atoms with E-state index < -0.39 is 0 Å². The minimum absolute atomic E-state index is 0.163. The molecular weight excluding hydrogens is 238 g/mol. The molecule has 3 heteroatoms. The molecule has 3 nitrogen and oxygen atoms in total. The second-order valence-corrected chi connectivity index (χ2v) is 4.95. The highest BCUT2D eigenvalue weighted by Crippen LogP contribution is 2.15. The maximum atomic E-state index is 5.94. The Morgan fingerprint density at radius 3 is 2.42 bits per heavy atom. The van der Waals surface area contributed by atoms with Crippen molar-refractivity contribution in [3.63, 3.8) is 0 Å². The van der Waals surface area contributed by atoms with Gasteiger partial charge in [0.15, 0.2) is 0 Å². The zero-order valence-corrected chi connectivity index (χ0v) is 12.6. The molecule has 0 aliphatic carbocycles. The van der Waals surface area contributed by atoms with E-state index in [1.54, 1.807) is 7.11 Å². The third-order valence-corrected chi connectivity index (χ3v) is 3.26. The van der Waals surface area contributed by atoms with Gasteiger partial charge in [0, 0.05) is 13.2 Å². The van der Waals surface area contributed by atoms with Gasteiger partial charge < -0.3 is 14.8 Å². The van der Waals surface area contributed by atoms with E-state index >= 15 is 0 Å². The number of rotatable bonds is 9. The maximum absolute atomic E-state index is 5.94. The quantitative estimate of drug-likeness (QED) is 0.744. The number of ether oxygens (including phenoxy) is 2. The Hall–Kier alpha value is -1.06. The molecule has 108 valence electrons. The highest BCUT2D eigenvalue weighted by molar-refractivity contribution is 5.27. The van der Waals surface area contributed by atoms with Crippen molar-refractivity contribution in [1.82, 2.24) is 5.32 Å². The summed E-state index contributed by atoms with van der Waals surface area (Å²) >= 11 is 0. The fourth-order valence-electron chi connectivity index (χ4n) is 1.81. The van der Waals surface area contributed by atoms with Crippen LogP contribution in [0.2, 0.25) is 0 Å². The molecule has 1 rings (SSSR count). The Morgan fingerprint density at radius 1 is 1.16 bits per heavy atom. The predicted octanol–water partition coefficient (Wildman–Crippen LogP) is 3.03. The van der Waals surface area contributed by atoms with Gasteiger partial charge in [-0.15, -0.1) is 0 Å². The van der Waals surface area contributed by atoms with Crippen LogP contribution in [-0.2, 0) is 11.2 Å². The number of hydrogen-bond acceptors (Lipinski definition) is 3. The predicted molar refractivity (Wildman–Crippen MR) is 79.9 cm³/mol. The summed E-state index contributed by atoms with van der Waals surface area (Å²) in [4.78, 5) is 0. The standard InChI is InChI=1S/C16H27NO2/c1-5-11-17-13(2)14(3)19-16-8-6-15(7-9-16)10-12-18-4/h6-9,13-14,17H,5,10-12H2,1-4H3. The lowest BCUT2D eigenvalue weighted by Gasteiger charge is -2.22. The van der Waals surface area contributed by atoms with Crippen molar-refractivity contribution in [2.24, 2.45) is 0 Å². The van der Waals surface area contributed by atoms with Crippen molar-refractivity contribution in [2.75, 3.05) is 20.3 Å². The van der Waals surface area contributed by atoms with Gasteiger partial charge >= 0.3 is 0 Å². The lowest BCUT2D eigenvalue weighted by molar-refractivity contribution is 0.178. The van der Waals surface area contributed by atoms with E-state index in [2.05, 4.69) is 38.2 Å². The lowest BCUT2D eigenvalue weighted by Crippen LogP contribution is -2.39. The molecule has 0 aliphatic rings. The van der Waals surface area contributed by atoms with Gasteiger partial charge in [-0.05, 0) is 50.9 Å². The minimum atomic E-state index is 0.163. The topological polar surface area (TPSA) is 30.5 Å². The van der Waals surface area contributed by atoms with Gasteiger partial charge in [0.05, 0.1) is 6.61 Å². The largest absolute Gasteiger partial charge is 0.489 e. The molecule has 0 saturated carbocycles. The van der Waals surface area contributed by atoms with Crippen LogP contribution in [0.1, 0.15) is 32.8 Å². The Morgan fingerprint density at radius 2 is 1.84 bits per heavy atom. The summed E-state index contributed by atoms with van der Waals surface area (Å²) in [6.07, 6.45) is 2.25. The Balaban J connectivity index is 2.43. The zero-order chi connectivity index (χ0) is 14.1. The van der Waals surface area contributed by atoms with E-state index in [1.807, 2.05) is 12.1 Å². The van der Waals surface area contributed by atoms with E-state index in [0.717, 1.165) is 31.7 Å². The van der Waals surface area contributed by atoms with Crippen LogP contribution >= 0.6 is 0 Å². The SMILES string of the molecule is CCCNC(C)C(C)Oc1ccc(CCOC)cc1. The third kappa shape index (κ3) is 6.08. The summed E-state index contributed by atoms with van der Waals surface area (Å²) in [5, 5.41) is 3.45. The highest BCUT2D eigenvalue weighted by Gasteiger charge is 2.12. The number of methoxy groups -OCH3 is 1. The lowest BCUT2D eigenvalue weighted by atomic mass is 10.1. The molecule has 0 aromatic heterocycles. The first-order chi connectivity index (χ1) is 9.17. The third-order valence-electron chi connectivity index (χ3n) is 3.26.